The van der Waals surface area contributed by atoms with Crippen molar-refractivity contribution in [3.8, 4) is 5.75 Å². The smallest absolute Gasteiger partial charge is 0.179 e. The molecule has 0 fully saturated rings. The molecule has 1 heterocycles. The van der Waals surface area contributed by atoms with Crippen molar-refractivity contribution in [3.63, 3.8) is 0 Å². The molecule has 1 aromatic carbocycles. The van der Waals surface area contributed by atoms with E-state index in [1.54, 1.807) is 23.1 Å². The molecule has 18 heavy (non-hydrogen) atoms. The lowest BCUT2D eigenvalue weighted by atomic mass is 10.3. The van der Waals surface area contributed by atoms with E-state index in [-0.39, 0.29) is 0 Å². The van der Waals surface area contributed by atoms with E-state index in [0.717, 1.165) is 26.4 Å². The average molecular weight is 281 g/mol. The summed E-state index contributed by atoms with van der Waals surface area (Å²) in [7, 11) is 0. The predicted molar refractivity (Wildman–Crippen MR) is 75.4 cm³/mol. The number of aromatic nitrogens is 2. The van der Waals surface area contributed by atoms with Crippen molar-refractivity contribution < 1.29 is 4.74 Å². The molecule has 0 bridgehead atoms. The number of rotatable bonds is 5. The molecule has 0 saturated carbocycles. The van der Waals surface area contributed by atoms with Gasteiger partial charge >= 0.3 is 0 Å². The maximum atomic E-state index is 5.87. The summed E-state index contributed by atoms with van der Waals surface area (Å²) in [6.45, 7) is 4.69. The summed E-state index contributed by atoms with van der Waals surface area (Å²) in [5.41, 5.74) is 6.54. The molecule has 96 valence electrons. The van der Waals surface area contributed by atoms with E-state index in [1.165, 1.54) is 0 Å². The molecule has 0 aliphatic carbocycles. The summed E-state index contributed by atoms with van der Waals surface area (Å²) in [6.07, 6.45) is 0.965. The second-order valence-electron chi connectivity index (χ2n) is 3.74. The van der Waals surface area contributed by atoms with Gasteiger partial charge in [-0.1, -0.05) is 30.0 Å². The number of nitrogen functional groups attached to an aromatic ring is 1. The Labute approximate surface area is 115 Å². The van der Waals surface area contributed by atoms with E-state index in [9.17, 15) is 0 Å². The van der Waals surface area contributed by atoms with Crippen LogP contribution in [0.5, 0.6) is 5.75 Å². The summed E-state index contributed by atoms with van der Waals surface area (Å²) >= 11 is 3.15. The number of hydrogen-bond acceptors (Lipinski definition) is 6. The minimum absolute atomic E-state index is 0.668. The van der Waals surface area contributed by atoms with E-state index in [4.69, 9.17) is 10.5 Å². The van der Waals surface area contributed by atoms with Crippen LogP contribution in [-0.4, -0.2) is 16.8 Å². The molecule has 6 heteroatoms. The molecule has 0 unspecified atom stereocenters. The number of nitrogens with two attached hydrogens (primary N) is 1. The fourth-order valence-electron chi connectivity index (χ4n) is 1.34. The Morgan fingerprint density at radius 3 is 2.89 bits per heavy atom. The van der Waals surface area contributed by atoms with Crippen LogP contribution in [0.4, 0.5) is 5.69 Å². The number of aryl methyl sites for hydroxylation is 1. The normalized spacial score (nSPS) is 10.6. The van der Waals surface area contributed by atoms with Crippen molar-refractivity contribution in [1.29, 1.82) is 0 Å². The lowest BCUT2D eigenvalue weighted by Crippen LogP contribution is -1.98. The summed E-state index contributed by atoms with van der Waals surface area (Å²) in [5, 5.41) is 9.05. The van der Waals surface area contributed by atoms with Gasteiger partial charge in [0.1, 0.15) is 10.8 Å². The molecule has 0 atom stereocenters. The highest BCUT2D eigenvalue weighted by Crippen LogP contribution is 2.34. The molecule has 0 aliphatic heterocycles. The molecule has 0 radical (unpaired) electrons. The van der Waals surface area contributed by atoms with Crippen molar-refractivity contribution in [2.24, 2.45) is 0 Å². The van der Waals surface area contributed by atoms with Crippen molar-refractivity contribution in [2.75, 3.05) is 12.3 Å². The quantitative estimate of drug-likeness (QED) is 0.851. The van der Waals surface area contributed by atoms with Gasteiger partial charge in [-0.3, -0.25) is 0 Å². The van der Waals surface area contributed by atoms with E-state index in [0.29, 0.717) is 12.3 Å². The van der Waals surface area contributed by atoms with Crippen molar-refractivity contribution in [3.05, 3.63) is 23.2 Å². The summed E-state index contributed by atoms with van der Waals surface area (Å²) in [6, 6.07) is 5.78. The van der Waals surface area contributed by atoms with Gasteiger partial charge < -0.3 is 10.5 Å². The minimum atomic E-state index is 0.668. The zero-order valence-corrected chi connectivity index (χ0v) is 12.0. The number of anilines is 1. The van der Waals surface area contributed by atoms with Gasteiger partial charge in [0.2, 0.25) is 0 Å². The Morgan fingerprint density at radius 2 is 2.22 bits per heavy atom. The molecule has 0 saturated heterocycles. The Balaban J connectivity index is 2.13. The Kier molecular flexibility index (Phi) is 4.43. The fraction of sp³-hybridized carbons (Fsp3) is 0.333. The van der Waals surface area contributed by atoms with E-state index in [1.807, 2.05) is 25.1 Å². The highest BCUT2D eigenvalue weighted by atomic mass is 32.2. The molecule has 2 aromatic rings. The molecular formula is C12H15N3OS2. The zero-order chi connectivity index (χ0) is 13.0. The van der Waals surface area contributed by atoms with E-state index >= 15 is 0 Å². The van der Waals surface area contributed by atoms with E-state index in [2.05, 4.69) is 17.1 Å². The maximum absolute atomic E-state index is 5.87. The largest absolute Gasteiger partial charge is 0.491 e. The van der Waals surface area contributed by atoms with Crippen LogP contribution in [0.15, 0.2) is 27.4 Å². The van der Waals surface area contributed by atoms with Crippen LogP contribution in [0.3, 0.4) is 0 Å². The van der Waals surface area contributed by atoms with Crippen molar-refractivity contribution in [1.82, 2.24) is 10.2 Å². The van der Waals surface area contributed by atoms with Crippen molar-refractivity contribution in [2.45, 2.75) is 29.5 Å². The minimum Gasteiger partial charge on any atom is -0.491 e. The molecule has 4 nitrogen and oxygen atoms in total. The lowest BCUT2D eigenvalue weighted by Gasteiger charge is -2.08. The Morgan fingerprint density at radius 1 is 1.39 bits per heavy atom. The Hall–Kier alpha value is -1.27. The van der Waals surface area contributed by atoms with Gasteiger partial charge in [-0.2, -0.15) is 0 Å². The van der Waals surface area contributed by atoms with Crippen molar-refractivity contribution >= 4 is 28.8 Å². The number of benzene rings is 1. The van der Waals surface area contributed by atoms with Gasteiger partial charge in [-0.25, -0.2) is 0 Å². The summed E-state index contributed by atoms with van der Waals surface area (Å²) in [5.74, 6) is 0.739. The SMILES string of the molecule is CCCOc1cc(Sc2nnc(C)s2)ccc1N. The Bertz CT molecular complexity index is 528. The van der Waals surface area contributed by atoms with Gasteiger partial charge in [-0.15, -0.1) is 10.2 Å². The van der Waals surface area contributed by atoms with Gasteiger partial charge in [0.25, 0.3) is 0 Å². The number of nitrogens with zero attached hydrogens (tertiary/aromatic N) is 2. The monoisotopic (exact) mass is 281 g/mol. The molecule has 0 amide bonds. The highest BCUT2D eigenvalue weighted by Gasteiger charge is 2.06. The van der Waals surface area contributed by atoms with Gasteiger partial charge in [0.05, 0.1) is 12.3 Å². The van der Waals surface area contributed by atoms with Crippen LogP contribution in [-0.2, 0) is 0 Å². The number of hydrogen-bond donors (Lipinski definition) is 1. The molecular weight excluding hydrogens is 266 g/mol. The summed E-state index contributed by atoms with van der Waals surface area (Å²) < 4.78 is 6.53. The van der Waals surface area contributed by atoms with Crippen LogP contribution in [0, 0.1) is 6.92 Å². The maximum Gasteiger partial charge on any atom is 0.179 e. The first-order valence-corrected chi connectivity index (χ1v) is 7.32. The fourth-order valence-corrected chi connectivity index (χ4v) is 3.15. The van der Waals surface area contributed by atoms with Gasteiger partial charge in [-0.05, 0) is 31.5 Å². The second-order valence-corrected chi connectivity index (χ2v) is 6.24. The van der Waals surface area contributed by atoms with Gasteiger partial charge in [0, 0.05) is 4.90 Å². The topological polar surface area (TPSA) is 61.0 Å². The van der Waals surface area contributed by atoms with Crippen LogP contribution < -0.4 is 10.5 Å². The first-order chi connectivity index (χ1) is 8.69. The van der Waals surface area contributed by atoms with Crippen LogP contribution >= 0.6 is 23.1 Å². The highest BCUT2D eigenvalue weighted by molar-refractivity contribution is 8.01. The molecule has 1 aromatic heterocycles. The number of ether oxygens (including phenoxy) is 1. The van der Waals surface area contributed by atoms with E-state index < -0.39 is 0 Å². The molecule has 0 spiro atoms. The van der Waals surface area contributed by atoms with Crippen LogP contribution in [0.2, 0.25) is 0 Å². The standard InChI is InChI=1S/C12H15N3OS2/c1-3-6-16-11-7-9(4-5-10(11)13)18-12-15-14-8(2)17-12/h4-5,7H,3,6,13H2,1-2H3. The van der Waals surface area contributed by atoms with Crippen LogP contribution in [0.25, 0.3) is 0 Å². The summed E-state index contributed by atoms with van der Waals surface area (Å²) in [4.78, 5) is 1.06. The third kappa shape index (κ3) is 3.36. The first-order valence-electron chi connectivity index (χ1n) is 5.69. The molecule has 2 rings (SSSR count). The zero-order valence-electron chi connectivity index (χ0n) is 10.3. The average Bonchev–Trinajstić information content (AvgIpc) is 2.75. The van der Waals surface area contributed by atoms with Gasteiger partial charge in [0.15, 0.2) is 4.34 Å². The van der Waals surface area contributed by atoms with Crippen LogP contribution in [0.1, 0.15) is 18.4 Å². The molecule has 0 aliphatic rings. The lowest BCUT2D eigenvalue weighted by molar-refractivity contribution is 0.318. The molecule has 2 N–H and O–H groups in total. The first kappa shape index (κ1) is 13.2. The third-order valence-corrected chi connectivity index (χ3v) is 4.04. The predicted octanol–water partition coefficient (Wildman–Crippen LogP) is 3.37. The second kappa shape index (κ2) is 6.06. The third-order valence-electron chi connectivity index (χ3n) is 2.16.